The minimum Gasteiger partial charge on any atom is -0.292 e. The SMILES string of the molecule is Cc1cccc(C(=O)C(C)(C)S(C)(=O)=O)c1C. The van der Waals surface area contributed by atoms with Crippen molar-refractivity contribution in [2.75, 3.05) is 6.26 Å². The molecule has 0 saturated heterocycles. The molecule has 0 aliphatic heterocycles. The second-order valence-electron chi connectivity index (χ2n) is 4.86. The van der Waals surface area contributed by atoms with Crippen LogP contribution in [0.3, 0.4) is 0 Å². The molecule has 0 unspecified atom stereocenters. The maximum Gasteiger partial charge on any atom is 0.183 e. The molecule has 3 nitrogen and oxygen atoms in total. The molecule has 1 aromatic carbocycles. The summed E-state index contributed by atoms with van der Waals surface area (Å²) in [7, 11) is -3.43. The van der Waals surface area contributed by atoms with Gasteiger partial charge in [0.1, 0.15) is 4.75 Å². The van der Waals surface area contributed by atoms with E-state index >= 15 is 0 Å². The maximum atomic E-state index is 12.3. The highest BCUT2D eigenvalue weighted by Crippen LogP contribution is 2.24. The van der Waals surface area contributed by atoms with E-state index in [-0.39, 0.29) is 5.78 Å². The minimum atomic E-state index is -3.43. The van der Waals surface area contributed by atoms with Gasteiger partial charge in [0.05, 0.1) is 0 Å². The summed E-state index contributed by atoms with van der Waals surface area (Å²) in [5.74, 6) is -0.346. The number of ketones is 1. The molecule has 4 heteroatoms. The number of benzene rings is 1. The van der Waals surface area contributed by atoms with Crippen molar-refractivity contribution in [3.63, 3.8) is 0 Å². The van der Waals surface area contributed by atoms with E-state index in [1.807, 2.05) is 19.9 Å². The minimum absolute atomic E-state index is 0.346. The molecule has 0 aliphatic carbocycles. The van der Waals surface area contributed by atoms with Crippen LogP contribution in [0.5, 0.6) is 0 Å². The topological polar surface area (TPSA) is 51.2 Å². The Labute approximate surface area is 103 Å². The summed E-state index contributed by atoms with van der Waals surface area (Å²) in [6, 6.07) is 5.35. The Morgan fingerprint density at radius 3 is 2.18 bits per heavy atom. The van der Waals surface area contributed by atoms with Crippen molar-refractivity contribution < 1.29 is 13.2 Å². The quantitative estimate of drug-likeness (QED) is 0.778. The Kier molecular flexibility index (Phi) is 3.48. The lowest BCUT2D eigenvalue weighted by atomic mass is 9.94. The predicted molar refractivity (Wildman–Crippen MR) is 69.2 cm³/mol. The second kappa shape index (κ2) is 4.26. The van der Waals surface area contributed by atoms with Crippen LogP contribution < -0.4 is 0 Å². The molecule has 0 spiro atoms. The number of carbonyl (C=O) groups is 1. The van der Waals surface area contributed by atoms with Gasteiger partial charge in [-0.3, -0.25) is 4.79 Å². The van der Waals surface area contributed by atoms with Crippen LogP contribution in [0.2, 0.25) is 0 Å². The van der Waals surface area contributed by atoms with Crippen molar-refractivity contribution >= 4 is 15.6 Å². The van der Waals surface area contributed by atoms with Crippen molar-refractivity contribution in [3.8, 4) is 0 Å². The molecule has 0 aromatic heterocycles. The first kappa shape index (κ1) is 13.9. The highest BCUT2D eigenvalue weighted by molar-refractivity contribution is 7.92. The highest BCUT2D eigenvalue weighted by Gasteiger charge is 2.39. The van der Waals surface area contributed by atoms with Gasteiger partial charge in [-0.05, 0) is 38.8 Å². The summed E-state index contributed by atoms with van der Waals surface area (Å²) in [6.45, 7) is 6.64. The van der Waals surface area contributed by atoms with Crippen molar-refractivity contribution in [1.29, 1.82) is 0 Å². The van der Waals surface area contributed by atoms with Crippen molar-refractivity contribution in [2.45, 2.75) is 32.4 Å². The number of sulfone groups is 1. The normalized spacial score (nSPS) is 12.5. The zero-order valence-electron chi connectivity index (χ0n) is 10.9. The Morgan fingerprint density at radius 2 is 1.71 bits per heavy atom. The monoisotopic (exact) mass is 254 g/mol. The first-order valence-electron chi connectivity index (χ1n) is 5.39. The fourth-order valence-electron chi connectivity index (χ4n) is 1.49. The van der Waals surface area contributed by atoms with E-state index < -0.39 is 14.6 Å². The molecule has 1 rings (SSSR count). The van der Waals surface area contributed by atoms with E-state index in [9.17, 15) is 13.2 Å². The summed E-state index contributed by atoms with van der Waals surface area (Å²) in [5.41, 5.74) is 2.31. The summed E-state index contributed by atoms with van der Waals surface area (Å²) in [5, 5.41) is 0. The summed E-state index contributed by atoms with van der Waals surface area (Å²) in [6.07, 6.45) is 1.09. The van der Waals surface area contributed by atoms with Crippen molar-refractivity contribution in [1.82, 2.24) is 0 Å². The average Bonchev–Trinajstić information content (AvgIpc) is 2.19. The van der Waals surface area contributed by atoms with Crippen LogP contribution in [-0.4, -0.2) is 25.2 Å². The Balaban J connectivity index is 3.37. The fraction of sp³-hybridized carbons (Fsp3) is 0.462. The van der Waals surface area contributed by atoms with E-state index in [4.69, 9.17) is 0 Å². The smallest absolute Gasteiger partial charge is 0.183 e. The van der Waals surface area contributed by atoms with Crippen molar-refractivity contribution in [3.05, 3.63) is 34.9 Å². The molecule has 0 heterocycles. The largest absolute Gasteiger partial charge is 0.292 e. The number of aryl methyl sites for hydroxylation is 1. The van der Waals surface area contributed by atoms with Crippen LogP contribution in [0.4, 0.5) is 0 Å². The lowest BCUT2D eigenvalue weighted by Gasteiger charge is -2.22. The van der Waals surface area contributed by atoms with Crippen LogP contribution >= 0.6 is 0 Å². The Hall–Kier alpha value is -1.16. The molecule has 94 valence electrons. The van der Waals surface area contributed by atoms with Gasteiger partial charge in [0.25, 0.3) is 0 Å². The van der Waals surface area contributed by atoms with Crippen LogP contribution in [0.15, 0.2) is 18.2 Å². The van der Waals surface area contributed by atoms with Gasteiger partial charge < -0.3 is 0 Å². The van der Waals surface area contributed by atoms with Crippen LogP contribution in [0.25, 0.3) is 0 Å². The first-order chi connectivity index (χ1) is 7.59. The molecule has 1 aromatic rings. The second-order valence-corrected chi connectivity index (χ2v) is 7.42. The van der Waals surface area contributed by atoms with Crippen LogP contribution in [0.1, 0.15) is 35.3 Å². The lowest BCUT2D eigenvalue weighted by molar-refractivity contribution is 0.0953. The number of Topliss-reactive ketones (excluding diaryl/α,β-unsaturated/α-hetero) is 1. The van der Waals surface area contributed by atoms with Gasteiger partial charge in [0.2, 0.25) is 0 Å². The number of hydrogen-bond acceptors (Lipinski definition) is 3. The van der Waals surface area contributed by atoms with E-state index in [0.717, 1.165) is 17.4 Å². The predicted octanol–water partition coefficient (Wildman–Crippen LogP) is 2.31. The first-order valence-corrected chi connectivity index (χ1v) is 7.29. The molecule has 0 atom stereocenters. The molecule has 0 radical (unpaired) electrons. The molecule has 0 fully saturated rings. The van der Waals surface area contributed by atoms with Crippen LogP contribution in [-0.2, 0) is 9.84 Å². The molecule has 0 bridgehead atoms. The average molecular weight is 254 g/mol. The summed E-state index contributed by atoms with van der Waals surface area (Å²) < 4.78 is 21.9. The Morgan fingerprint density at radius 1 is 1.18 bits per heavy atom. The molecular weight excluding hydrogens is 236 g/mol. The van der Waals surface area contributed by atoms with E-state index in [2.05, 4.69) is 0 Å². The molecule has 0 aliphatic rings. The zero-order valence-corrected chi connectivity index (χ0v) is 11.7. The number of carbonyl (C=O) groups excluding carboxylic acids is 1. The van der Waals surface area contributed by atoms with Gasteiger partial charge in [-0.2, -0.15) is 0 Å². The lowest BCUT2D eigenvalue weighted by Crippen LogP contribution is -2.40. The van der Waals surface area contributed by atoms with E-state index in [0.29, 0.717) is 5.56 Å². The van der Waals surface area contributed by atoms with E-state index in [1.54, 1.807) is 12.1 Å². The van der Waals surface area contributed by atoms with Crippen molar-refractivity contribution in [2.24, 2.45) is 0 Å². The third-order valence-electron chi connectivity index (χ3n) is 3.32. The molecule has 0 amide bonds. The highest BCUT2D eigenvalue weighted by atomic mass is 32.2. The molecular formula is C13H18O3S. The van der Waals surface area contributed by atoms with Gasteiger partial charge >= 0.3 is 0 Å². The standard InChI is InChI=1S/C13H18O3S/c1-9-7-6-8-11(10(9)2)12(14)13(3,4)17(5,15)16/h6-8H,1-5H3. The fourth-order valence-corrected chi connectivity index (χ4v) is 1.94. The Bertz CT molecular complexity index is 554. The van der Waals surface area contributed by atoms with Gasteiger partial charge in [-0.15, -0.1) is 0 Å². The van der Waals surface area contributed by atoms with E-state index in [1.165, 1.54) is 13.8 Å². The summed E-state index contributed by atoms with van der Waals surface area (Å²) in [4.78, 5) is 12.3. The third kappa shape index (κ3) is 2.41. The third-order valence-corrected chi connectivity index (χ3v) is 5.36. The van der Waals surface area contributed by atoms with Crippen LogP contribution in [0, 0.1) is 13.8 Å². The van der Waals surface area contributed by atoms with Gasteiger partial charge in [0, 0.05) is 11.8 Å². The zero-order chi connectivity index (χ0) is 13.4. The molecule has 0 N–H and O–H groups in total. The summed E-state index contributed by atoms with van der Waals surface area (Å²) >= 11 is 0. The number of hydrogen-bond donors (Lipinski definition) is 0. The maximum absolute atomic E-state index is 12.3. The number of rotatable bonds is 3. The van der Waals surface area contributed by atoms with Gasteiger partial charge in [0.15, 0.2) is 15.6 Å². The van der Waals surface area contributed by atoms with Gasteiger partial charge in [-0.1, -0.05) is 18.2 Å². The molecule has 0 saturated carbocycles. The van der Waals surface area contributed by atoms with Gasteiger partial charge in [-0.25, -0.2) is 8.42 Å². The molecule has 17 heavy (non-hydrogen) atoms.